The number of benzene rings is 2. The van der Waals surface area contributed by atoms with Crippen LogP contribution in [0.4, 0.5) is 0 Å². The Morgan fingerprint density at radius 1 is 1.15 bits per heavy atom. The number of carbonyl (C=O) groups is 1. The second-order valence-corrected chi connectivity index (χ2v) is 6.85. The van der Waals surface area contributed by atoms with E-state index in [1.54, 1.807) is 12.3 Å². The predicted octanol–water partition coefficient (Wildman–Crippen LogP) is 3.39. The zero-order chi connectivity index (χ0) is 18.8. The lowest BCUT2D eigenvalue weighted by atomic mass is 9.95. The third kappa shape index (κ3) is 3.27. The number of rotatable bonds is 3. The van der Waals surface area contributed by atoms with Gasteiger partial charge in [-0.1, -0.05) is 18.2 Å². The molecule has 0 saturated carbocycles. The van der Waals surface area contributed by atoms with Gasteiger partial charge in [-0.25, -0.2) is 0 Å². The van der Waals surface area contributed by atoms with Crippen molar-refractivity contribution >= 4 is 16.8 Å². The fourth-order valence-electron chi connectivity index (χ4n) is 3.66. The molecular weight excluding hydrogens is 336 g/mol. The smallest absolute Gasteiger partial charge is 0.253 e. The van der Waals surface area contributed by atoms with Crippen molar-refractivity contribution in [3.63, 3.8) is 0 Å². The number of aromatic nitrogens is 1. The van der Waals surface area contributed by atoms with E-state index in [4.69, 9.17) is 11.0 Å². The fraction of sp³-hybridized carbons (Fsp3) is 0.227. The van der Waals surface area contributed by atoms with E-state index in [9.17, 15) is 4.79 Å². The molecule has 1 unspecified atom stereocenters. The Balaban J connectivity index is 1.72. The molecule has 5 heteroatoms. The van der Waals surface area contributed by atoms with Crippen molar-refractivity contribution in [1.82, 2.24) is 9.88 Å². The molecule has 0 radical (unpaired) electrons. The van der Waals surface area contributed by atoms with Gasteiger partial charge in [0, 0.05) is 30.2 Å². The van der Waals surface area contributed by atoms with Gasteiger partial charge in [0.1, 0.15) is 0 Å². The van der Waals surface area contributed by atoms with Crippen LogP contribution in [0.3, 0.4) is 0 Å². The number of carbonyl (C=O) groups excluding carboxylic acids is 1. The van der Waals surface area contributed by atoms with Crippen LogP contribution in [0.25, 0.3) is 10.9 Å². The Kier molecular flexibility index (Phi) is 4.57. The molecule has 4 rings (SSSR count). The van der Waals surface area contributed by atoms with Gasteiger partial charge in [-0.3, -0.25) is 9.78 Å². The van der Waals surface area contributed by atoms with Crippen LogP contribution in [0, 0.1) is 11.3 Å². The minimum absolute atomic E-state index is 0.0626. The van der Waals surface area contributed by atoms with Crippen LogP contribution in [-0.2, 0) is 0 Å². The number of hydrogen-bond donors (Lipinski definition) is 1. The lowest BCUT2D eigenvalue weighted by molar-refractivity contribution is 0.0793. The van der Waals surface area contributed by atoms with Crippen molar-refractivity contribution in [2.24, 2.45) is 5.73 Å². The van der Waals surface area contributed by atoms with Gasteiger partial charge in [0.25, 0.3) is 5.91 Å². The van der Waals surface area contributed by atoms with Crippen LogP contribution in [0.5, 0.6) is 0 Å². The maximum atomic E-state index is 12.6. The zero-order valence-corrected chi connectivity index (χ0v) is 14.9. The largest absolute Gasteiger partial charge is 0.339 e. The van der Waals surface area contributed by atoms with Crippen molar-refractivity contribution in [3.8, 4) is 6.07 Å². The number of nitriles is 1. The summed E-state index contributed by atoms with van der Waals surface area (Å²) >= 11 is 0. The molecule has 1 aromatic heterocycles. The van der Waals surface area contributed by atoms with Crippen LogP contribution < -0.4 is 5.73 Å². The molecule has 0 bridgehead atoms. The average Bonchev–Trinajstić information content (AvgIpc) is 3.26. The molecule has 27 heavy (non-hydrogen) atoms. The standard InChI is InChI=1S/C22H20N4O/c23-14-15-4-3-5-16(12-15)21(24)19-8-9-25-20-13-17(6-7-18(19)20)22(27)26-10-1-2-11-26/h3-9,12-13,21H,1-2,10-11,24H2. The Morgan fingerprint density at radius 2 is 1.96 bits per heavy atom. The number of hydrogen-bond acceptors (Lipinski definition) is 4. The summed E-state index contributed by atoms with van der Waals surface area (Å²) < 4.78 is 0. The van der Waals surface area contributed by atoms with Gasteiger partial charge in [-0.2, -0.15) is 5.26 Å². The highest BCUT2D eigenvalue weighted by Gasteiger charge is 2.20. The first-order valence-electron chi connectivity index (χ1n) is 9.11. The van der Waals surface area contributed by atoms with Gasteiger partial charge in [0.05, 0.1) is 23.2 Å². The summed E-state index contributed by atoms with van der Waals surface area (Å²) in [7, 11) is 0. The van der Waals surface area contributed by atoms with Gasteiger partial charge in [-0.15, -0.1) is 0 Å². The van der Waals surface area contributed by atoms with Crippen molar-refractivity contribution in [3.05, 3.63) is 77.0 Å². The van der Waals surface area contributed by atoms with Crippen molar-refractivity contribution < 1.29 is 4.79 Å². The van der Waals surface area contributed by atoms with Gasteiger partial charge in [-0.05, 0) is 54.3 Å². The predicted molar refractivity (Wildman–Crippen MR) is 104 cm³/mol. The quantitative estimate of drug-likeness (QED) is 0.780. The van der Waals surface area contributed by atoms with Crippen LogP contribution in [0.2, 0.25) is 0 Å². The SMILES string of the molecule is N#Cc1cccc(C(N)c2ccnc3cc(C(=O)N4CCCC4)ccc23)c1. The molecule has 1 fully saturated rings. The molecule has 5 nitrogen and oxygen atoms in total. The van der Waals surface area contributed by atoms with Crippen LogP contribution in [0.1, 0.15) is 45.9 Å². The van der Waals surface area contributed by atoms with Crippen molar-refractivity contribution in [2.75, 3.05) is 13.1 Å². The van der Waals surface area contributed by atoms with Gasteiger partial charge in [0.15, 0.2) is 0 Å². The molecule has 2 heterocycles. The highest BCUT2D eigenvalue weighted by molar-refractivity contribution is 5.98. The van der Waals surface area contributed by atoms with E-state index in [-0.39, 0.29) is 11.9 Å². The molecule has 0 aliphatic carbocycles. The fourth-order valence-corrected chi connectivity index (χ4v) is 3.66. The van der Waals surface area contributed by atoms with E-state index >= 15 is 0 Å². The molecule has 0 spiro atoms. The van der Waals surface area contributed by atoms with Crippen LogP contribution in [-0.4, -0.2) is 28.9 Å². The molecule has 1 aliphatic rings. The summed E-state index contributed by atoms with van der Waals surface area (Å²) in [5, 5.41) is 10.0. The maximum absolute atomic E-state index is 12.6. The molecule has 1 aliphatic heterocycles. The number of nitrogens with zero attached hydrogens (tertiary/aromatic N) is 3. The molecular formula is C22H20N4O. The number of nitrogens with two attached hydrogens (primary N) is 1. The van der Waals surface area contributed by atoms with Crippen LogP contribution >= 0.6 is 0 Å². The van der Waals surface area contributed by atoms with E-state index in [1.807, 2.05) is 47.4 Å². The van der Waals surface area contributed by atoms with Crippen molar-refractivity contribution in [1.29, 1.82) is 5.26 Å². The Labute approximate surface area is 158 Å². The molecule has 1 atom stereocenters. The first kappa shape index (κ1) is 17.2. The summed E-state index contributed by atoms with van der Waals surface area (Å²) in [5.41, 5.74) is 10.3. The Bertz CT molecular complexity index is 1050. The highest BCUT2D eigenvalue weighted by atomic mass is 16.2. The summed E-state index contributed by atoms with van der Waals surface area (Å²) in [6.07, 6.45) is 3.85. The summed E-state index contributed by atoms with van der Waals surface area (Å²) in [5.74, 6) is 0.0626. The van der Waals surface area contributed by atoms with Gasteiger partial charge >= 0.3 is 0 Å². The lowest BCUT2D eigenvalue weighted by Crippen LogP contribution is -2.27. The normalized spacial score (nSPS) is 14.9. The molecule has 3 aromatic rings. The maximum Gasteiger partial charge on any atom is 0.253 e. The molecule has 2 N–H and O–H groups in total. The molecule has 1 saturated heterocycles. The van der Waals surface area contributed by atoms with Gasteiger partial charge < -0.3 is 10.6 Å². The Morgan fingerprint density at radius 3 is 2.74 bits per heavy atom. The Hall–Kier alpha value is -3.23. The topological polar surface area (TPSA) is 83.0 Å². The monoisotopic (exact) mass is 356 g/mol. The zero-order valence-electron chi connectivity index (χ0n) is 14.9. The minimum atomic E-state index is -0.371. The van der Waals surface area contributed by atoms with E-state index in [2.05, 4.69) is 11.1 Å². The number of pyridine rings is 1. The molecule has 2 aromatic carbocycles. The van der Waals surface area contributed by atoms with E-state index in [1.165, 1.54) is 0 Å². The first-order chi connectivity index (χ1) is 13.2. The third-order valence-corrected chi connectivity index (χ3v) is 5.13. The average molecular weight is 356 g/mol. The lowest BCUT2D eigenvalue weighted by Gasteiger charge is -2.17. The second-order valence-electron chi connectivity index (χ2n) is 6.85. The highest BCUT2D eigenvalue weighted by Crippen LogP contribution is 2.28. The number of amides is 1. The molecule has 134 valence electrons. The second kappa shape index (κ2) is 7.18. The summed E-state index contributed by atoms with van der Waals surface area (Å²) in [4.78, 5) is 19.0. The third-order valence-electron chi connectivity index (χ3n) is 5.13. The van der Waals surface area contributed by atoms with E-state index < -0.39 is 0 Å². The van der Waals surface area contributed by atoms with Gasteiger partial charge in [0.2, 0.25) is 0 Å². The minimum Gasteiger partial charge on any atom is -0.339 e. The summed E-state index contributed by atoms with van der Waals surface area (Å²) in [6.45, 7) is 1.65. The molecule has 1 amide bonds. The van der Waals surface area contributed by atoms with E-state index in [0.29, 0.717) is 11.1 Å². The first-order valence-corrected chi connectivity index (χ1v) is 9.11. The number of likely N-dealkylation sites (tertiary alicyclic amines) is 1. The van der Waals surface area contributed by atoms with Crippen molar-refractivity contribution in [2.45, 2.75) is 18.9 Å². The van der Waals surface area contributed by atoms with E-state index in [0.717, 1.165) is 48.0 Å². The summed E-state index contributed by atoms with van der Waals surface area (Å²) in [6, 6.07) is 16.6. The number of fused-ring (bicyclic) bond motifs is 1. The van der Waals surface area contributed by atoms with Crippen LogP contribution in [0.15, 0.2) is 54.7 Å².